The lowest BCUT2D eigenvalue weighted by Crippen LogP contribution is -2.44. The SMILES string of the molecule is COc1ccc(Cl)cc1C1C(NC(=O)C2=C3N=CC=CN3NC2C)=CN(CC(=O)NC(C)CO)N1C. The van der Waals surface area contributed by atoms with Gasteiger partial charge in [-0.3, -0.25) is 14.6 Å². The molecule has 0 aliphatic carbocycles. The van der Waals surface area contributed by atoms with Crippen LogP contribution >= 0.6 is 11.6 Å². The minimum atomic E-state index is -0.494. The average Bonchev–Trinajstić information content (AvgIpc) is 3.33. The molecule has 0 radical (unpaired) electrons. The number of hydrazine groups is 2. The smallest absolute Gasteiger partial charge is 0.256 e. The first-order chi connectivity index (χ1) is 17.2. The number of hydrogen-bond donors (Lipinski definition) is 4. The summed E-state index contributed by atoms with van der Waals surface area (Å²) in [7, 11) is 3.37. The molecule has 0 spiro atoms. The number of likely N-dealkylation sites (N-methyl/N-ethyl adjacent to an activating group) is 1. The molecule has 4 N–H and O–H groups in total. The highest BCUT2D eigenvalue weighted by atomic mass is 35.5. The Kier molecular flexibility index (Phi) is 7.65. The molecule has 3 aliphatic rings. The predicted molar refractivity (Wildman–Crippen MR) is 135 cm³/mol. The highest BCUT2D eigenvalue weighted by molar-refractivity contribution is 6.30. The number of aliphatic hydroxyl groups excluding tert-OH is 1. The van der Waals surface area contributed by atoms with Crippen molar-refractivity contribution in [3.8, 4) is 5.75 Å². The van der Waals surface area contributed by atoms with E-state index in [2.05, 4.69) is 21.1 Å². The van der Waals surface area contributed by atoms with E-state index >= 15 is 0 Å². The number of rotatable bonds is 8. The van der Waals surface area contributed by atoms with Crippen LogP contribution in [0.1, 0.15) is 25.5 Å². The molecular formula is C24H30ClN7O4. The third-order valence-corrected chi connectivity index (χ3v) is 6.33. The summed E-state index contributed by atoms with van der Waals surface area (Å²) in [5.41, 5.74) is 4.95. The summed E-state index contributed by atoms with van der Waals surface area (Å²) >= 11 is 6.32. The van der Waals surface area contributed by atoms with Gasteiger partial charge in [0.25, 0.3) is 5.91 Å². The molecule has 4 rings (SSSR count). The first-order valence-corrected chi connectivity index (χ1v) is 11.9. The Morgan fingerprint density at radius 2 is 2.14 bits per heavy atom. The van der Waals surface area contributed by atoms with E-state index in [4.69, 9.17) is 16.3 Å². The third-order valence-electron chi connectivity index (χ3n) is 6.09. The molecule has 3 unspecified atom stereocenters. The van der Waals surface area contributed by atoms with Gasteiger partial charge in [0.05, 0.1) is 37.1 Å². The summed E-state index contributed by atoms with van der Waals surface area (Å²) in [6.45, 7) is 3.41. The van der Waals surface area contributed by atoms with E-state index in [-0.39, 0.29) is 37.0 Å². The van der Waals surface area contributed by atoms with Gasteiger partial charge < -0.3 is 25.5 Å². The second kappa shape index (κ2) is 10.7. The molecule has 1 aromatic rings. The first-order valence-electron chi connectivity index (χ1n) is 11.5. The topological polar surface area (TPSA) is 122 Å². The van der Waals surface area contributed by atoms with Gasteiger partial charge in [-0.25, -0.2) is 15.4 Å². The number of amides is 2. The molecule has 3 heterocycles. The molecule has 0 saturated heterocycles. The van der Waals surface area contributed by atoms with Crippen molar-refractivity contribution in [2.75, 3.05) is 27.3 Å². The largest absolute Gasteiger partial charge is 0.496 e. The van der Waals surface area contributed by atoms with Crippen LogP contribution in [0.15, 0.2) is 58.8 Å². The Balaban J connectivity index is 1.66. The van der Waals surface area contributed by atoms with Crippen molar-refractivity contribution in [3.63, 3.8) is 0 Å². The molecule has 0 aromatic heterocycles. The number of nitrogens with one attached hydrogen (secondary N) is 3. The fourth-order valence-corrected chi connectivity index (χ4v) is 4.55. The number of halogens is 1. The van der Waals surface area contributed by atoms with Crippen LogP contribution in [0.3, 0.4) is 0 Å². The number of ether oxygens (including phenoxy) is 1. The van der Waals surface area contributed by atoms with Crippen LogP contribution in [0.2, 0.25) is 5.02 Å². The number of aliphatic imine (C=N–C) groups is 1. The van der Waals surface area contributed by atoms with E-state index in [9.17, 15) is 14.7 Å². The van der Waals surface area contributed by atoms with Crippen LogP contribution in [-0.2, 0) is 9.59 Å². The number of methoxy groups -OCH3 is 1. The molecule has 12 heteroatoms. The maximum absolute atomic E-state index is 13.5. The number of benzene rings is 1. The van der Waals surface area contributed by atoms with Crippen LogP contribution in [0.25, 0.3) is 0 Å². The van der Waals surface area contributed by atoms with Crippen LogP contribution in [0.5, 0.6) is 5.75 Å². The quantitative estimate of drug-likeness (QED) is 0.405. The van der Waals surface area contributed by atoms with Gasteiger partial charge in [-0.15, -0.1) is 0 Å². The Labute approximate surface area is 214 Å². The van der Waals surface area contributed by atoms with Gasteiger partial charge in [0.1, 0.15) is 12.3 Å². The number of carbonyl (C=O) groups excluding carboxylic acids is 2. The summed E-state index contributed by atoms with van der Waals surface area (Å²) in [6, 6.07) is 4.13. The lowest BCUT2D eigenvalue weighted by Gasteiger charge is -2.31. The number of carbonyl (C=O) groups is 2. The zero-order valence-corrected chi connectivity index (χ0v) is 21.3. The Morgan fingerprint density at radius 1 is 1.36 bits per heavy atom. The van der Waals surface area contributed by atoms with E-state index in [1.54, 1.807) is 66.9 Å². The van der Waals surface area contributed by atoms with Gasteiger partial charge in [0, 0.05) is 42.3 Å². The van der Waals surface area contributed by atoms with E-state index in [0.717, 1.165) is 5.56 Å². The van der Waals surface area contributed by atoms with Crippen molar-refractivity contribution in [1.29, 1.82) is 0 Å². The van der Waals surface area contributed by atoms with E-state index in [0.29, 0.717) is 27.9 Å². The standard InChI is InChI=1S/C24H30ClN7O4/c1-14(13-33)27-20(34)12-31-11-18(22(30(31)3)17-10-16(25)6-7-19(17)36-4)28-24(35)21-15(2)29-32-9-5-8-26-23(21)32/h5-11,14-15,22,29,33H,12-13H2,1-4H3,(H,27,34)(H,28,35). The number of hydrogen-bond acceptors (Lipinski definition) is 9. The second-order valence-electron chi connectivity index (χ2n) is 8.73. The third kappa shape index (κ3) is 5.09. The normalized spacial score (nSPS) is 22.0. The summed E-state index contributed by atoms with van der Waals surface area (Å²) in [4.78, 5) is 30.4. The monoisotopic (exact) mass is 515 g/mol. The molecule has 36 heavy (non-hydrogen) atoms. The fourth-order valence-electron chi connectivity index (χ4n) is 4.37. The second-order valence-corrected chi connectivity index (χ2v) is 9.16. The van der Waals surface area contributed by atoms with Crippen molar-refractivity contribution >= 4 is 29.6 Å². The molecular weight excluding hydrogens is 486 g/mol. The van der Waals surface area contributed by atoms with Crippen molar-refractivity contribution in [3.05, 3.63) is 64.4 Å². The maximum Gasteiger partial charge on any atom is 0.256 e. The molecule has 1 aromatic carbocycles. The van der Waals surface area contributed by atoms with E-state index in [1.165, 1.54) is 0 Å². The van der Waals surface area contributed by atoms with Crippen LogP contribution < -0.4 is 20.8 Å². The Hall–Kier alpha value is -3.38. The predicted octanol–water partition coefficient (Wildman–Crippen LogP) is 1.03. The minimum absolute atomic E-state index is 0.0195. The zero-order chi connectivity index (χ0) is 26.0. The van der Waals surface area contributed by atoms with Crippen LogP contribution in [-0.4, -0.2) is 77.6 Å². The molecule has 192 valence electrons. The van der Waals surface area contributed by atoms with Gasteiger partial charge in [0.15, 0.2) is 5.82 Å². The summed E-state index contributed by atoms with van der Waals surface area (Å²) < 4.78 is 5.58. The molecule has 11 nitrogen and oxygen atoms in total. The molecule has 0 fully saturated rings. The highest BCUT2D eigenvalue weighted by Crippen LogP contribution is 2.39. The maximum atomic E-state index is 13.5. The molecule has 3 atom stereocenters. The number of nitrogens with zero attached hydrogens (tertiary/aromatic N) is 4. The lowest BCUT2D eigenvalue weighted by molar-refractivity contribution is -0.125. The molecule has 0 saturated carbocycles. The summed E-state index contributed by atoms with van der Waals surface area (Å²) in [6.07, 6.45) is 6.93. The number of fused-ring (bicyclic) bond motifs is 1. The highest BCUT2D eigenvalue weighted by Gasteiger charge is 2.38. The van der Waals surface area contributed by atoms with Gasteiger partial charge in [-0.05, 0) is 38.1 Å². The first kappa shape index (κ1) is 25.7. The fraction of sp³-hybridized carbons (Fsp3) is 0.375. The van der Waals surface area contributed by atoms with Gasteiger partial charge >= 0.3 is 0 Å². The zero-order valence-electron chi connectivity index (χ0n) is 20.5. The summed E-state index contributed by atoms with van der Waals surface area (Å²) in [5.74, 6) is 0.524. The van der Waals surface area contributed by atoms with Crippen molar-refractivity contribution in [2.45, 2.75) is 32.0 Å². The van der Waals surface area contributed by atoms with E-state index < -0.39 is 6.04 Å². The van der Waals surface area contributed by atoms with Crippen molar-refractivity contribution in [1.82, 2.24) is 31.1 Å². The minimum Gasteiger partial charge on any atom is -0.496 e. The van der Waals surface area contributed by atoms with Crippen molar-refractivity contribution < 1.29 is 19.4 Å². The number of aliphatic hydroxyl groups is 1. The van der Waals surface area contributed by atoms with Crippen LogP contribution in [0.4, 0.5) is 0 Å². The van der Waals surface area contributed by atoms with Gasteiger partial charge in [-0.1, -0.05) is 11.6 Å². The van der Waals surface area contributed by atoms with Gasteiger partial charge in [0.2, 0.25) is 5.91 Å². The average molecular weight is 516 g/mol. The molecule has 2 amide bonds. The Bertz CT molecular complexity index is 1170. The molecule has 3 aliphatic heterocycles. The molecule has 0 bridgehead atoms. The number of allylic oxidation sites excluding steroid dienone is 1. The Morgan fingerprint density at radius 3 is 2.86 bits per heavy atom. The van der Waals surface area contributed by atoms with Crippen molar-refractivity contribution in [2.24, 2.45) is 4.99 Å². The lowest BCUT2D eigenvalue weighted by atomic mass is 10.0. The van der Waals surface area contributed by atoms with E-state index in [1.807, 2.05) is 19.0 Å². The summed E-state index contributed by atoms with van der Waals surface area (Å²) in [5, 5.41) is 20.8. The van der Waals surface area contributed by atoms with Crippen LogP contribution in [0, 0.1) is 0 Å². The van der Waals surface area contributed by atoms with Gasteiger partial charge in [-0.2, -0.15) is 0 Å².